The summed E-state index contributed by atoms with van der Waals surface area (Å²) in [5, 5.41) is 22.0. The third-order valence-corrected chi connectivity index (χ3v) is 5.74. The Morgan fingerprint density at radius 2 is 1.41 bits per heavy atom. The van der Waals surface area contributed by atoms with Gasteiger partial charge in [-0.3, -0.25) is 0 Å². The largest absolute Gasteiger partial charge is 0.507 e. The van der Waals surface area contributed by atoms with Crippen molar-refractivity contribution >= 4 is 0 Å². The van der Waals surface area contributed by atoms with Crippen LogP contribution in [0.2, 0.25) is 0 Å². The van der Waals surface area contributed by atoms with E-state index in [0.717, 1.165) is 35.1 Å². The lowest BCUT2D eigenvalue weighted by Crippen LogP contribution is -2.08. The van der Waals surface area contributed by atoms with E-state index in [1.807, 2.05) is 54.6 Å². The van der Waals surface area contributed by atoms with Crippen molar-refractivity contribution in [2.24, 2.45) is 0 Å². The lowest BCUT2D eigenvalue weighted by molar-refractivity contribution is 0.405. The van der Waals surface area contributed by atoms with Gasteiger partial charge in [0.2, 0.25) is 0 Å². The second kappa shape index (κ2) is 7.87. The Balaban J connectivity index is 1.84. The molecule has 3 aromatic carbocycles. The summed E-state index contributed by atoms with van der Waals surface area (Å²) >= 11 is 0. The molecule has 0 unspecified atom stereocenters. The lowest BCUT2D eigenvalue weighted by atomic mass is 9.79. The molecule has 2 nitrogen and oxygen atoms in total. The van der Waals surface area contributed by atoms with Crippen molar-refractivity contribution in [2.45, 2.75) is 44.4 Å². The second-order valence-corrected chi connectivity index (χ2v) is 7.55. The molecule has 4 rings (SSSR count). The summed E-state index contributed by atoms with van der Waals surface area (Å²) in [7, 11) is 0. The van der Waals surface area contributed by atoms with Crippen LogP contribution in [0.5, 0.6) is 11.5 Å². The first kappa shape index (κ1) is 17.7. The molecule has 138 valence electrons. The molecule has 27 heavy (non-hydrogen) atoms. The maximum Gasteiger partial charge on any atom is 0.126 e. The SMILES string of the molecule is Oc1cc(-c2ccccc2)c(C2CCCCC2)c(O)c1Cc1ccccc1. The van der Waals surface area contributed by atoms with Crippen molar-refractivity contribution in [2.75, 3.05) is 0 Å². The molecule has 0 radical (unpaired) electrons. The predicted molar refractivity (Wildman–Crippen MR) is 110 cm³/mol. The number of phenols is 2. The molecule has 2 N–H and O–H groups in total. The molecular formula is C25H26O2. The maximum absolute atomic E-state index is 11.3. The van der Waals surface area contributed by atoms with Gasteiger partial charge in [-0.15, -0.1) is 0 Å². The normalized spacial score (nSPS) is 15.0. The fourth-order valence-electron chi connectivity index (χ4n) is 4.35. The van der Waals surface area contributed by atoms with E-state index in [2.05, 4.69) is 12.1 Å². The molecule has 1 saturated carbocycles. The monoisotopic (exact) mass is 358 g/mol. The van der Waals surface area contributed by atoms with Gasteiger partial charge in [-0.2, -0.15) is 0 Å². The first-order chi connectivity index (χ1) is 13.2. The summed E-state index contributed by atoms with van der Waals surface area (Å²) in [5.41, 5.74) is 4.76. The van der Waals surface area contributed by atoms with Gasteiger partial charge in [-0.05, 0) is 41.5 Å². The molecule has 3 aromatic rings. The molecule has 0 aromatic heterocycles. The Morgan fingerprint density at radius 3 is 2.07 bits per heavy atom. The fraction of sp³-hybridized carbons (Fsp3) is 0.280. The van der Waals surface area contributed by atoms with Crippen molar-refractivity contribution in [3.8, 4) is 22.6 Å². The summed E-state index contributed by atoms with van der Waals surface area (Å²) < 4.78 is 0. The molecular weight excluding hydrogens is 332 g/mol. The van der Waals surface area contributed by atoms with E-state index < -0.39 is 0 Å². The zero-order valence-electron chi connectivity index (χ0n) is 15.6. The average Bonchev–Trinajstić information content (AvgIpc) is 2.73. The Labute approximate surface area is 161 Å². The zero-order chi connectivity index (χ0) is 18.6. The van der Waals surface area contributed by atoms with Gasteiger partial charge in [0.1, 0.15) is 11.5 Å². The van der Waals surface area contributed by atoms with Crippen LogP contribution in [0.25, 0.3) is 11.1 Å². The van der Waals surface area contributed by atoms with E-state index in [-0.39, 0.29) is 11.5 Å². The van der Waals surface area contributed by atoms with Gasteiger partial charge in [0.15, 0.2) is 0 Å². The van der Waals surface area contributed by atoms with E-state index >= 15 is 0 Å². The number of hydrogen-bond donors (Lipinski definition) is 2. The topological polar surface area (TPSA) is 40.5 Å². The van der Waals surface area contributed by atoms with Crippen molar-refractivity contribution < 1.29 is 10.2 Å². The van der Waals surface area contributed by atoms with Crippen LogP contribution in [0.4, 0.5) is 0 Å². The van der Waals surface area contributed by atoms with E-state index in [1.165, 1.54) is 19.3 Å². The van der Waals surface area contributed by atoms with E-state index in [1.54, 1.807) is 0 Å². The summed E-state index contributed by atoms with van der Waals surface area (Å²) in [6.45, 7) is 0. The molecule has 0 amide bonds. The molecule has 0 bridgehead atoms. The molecule has 1 fully saturated rings. The van der Waals surface area contributed by atoms with Gasteiger partial charge < -0.3 is 10.2 Å². The van der Waals surface area contributed by atoms with Crippen molar-refractivity contribution in [1.29, 1.82) is 0 Å². The maximum atomic E-state index is 11.3. The van der Waals surface area contributed by atoms with Crippen LogP contribution < -0.4 is 0 Å². The predicted octanol–water partition coefficient (Wildman–Crippen LogP) is 6.40. The van der Waals surface area contributed by atoms with Gasteiger partial charge >= 0.3 is 0 Å². The van der Waals surface area contributed by atoms with Crippen molar-refractivity contribution in [1.82, 2.24) is 0 Å². The lowest BCUT2D eigenvalue weighted by Gasteiger charge is -2.27. The third kappa shape index (κ3) is 3.71. The average molecular weight is 358 g/mol. The molecule has 0 heterocycles. The Kier molecular flexibility index (Phi) is 5.15. The summed E-state index contributed by atoms with van der Waals surface area (Å²) in [4.78, 5) is 0. The van der Waals surface area contributed by atoms with Crippen LogP contribution in [0.15, 0.2) is 66.7 Å². The Morgan fingerprint density at radius 1 is 0.778 bits per heavy atom. The quantitative estimate of drug-likeness (QED) is 0.566. The molecule has 1 aliphatic carbocycles. The first-order valence-corrected chi connectivity index (χ1v) is 9.91. The van der Waals surface area contributed by atoms with E-state index in [9.17, 15) is 10.2 Å². The highest BCUT2D eigenvalue weighted by Gasteiger charge is 2.26. The van der Waals surface area contributed by atoms with Crippen LogP contribution in [0, 0.1) is 0 Å². The number of benzene rings is 3. The number of aromatic hydroxyl groups is 2. The summed E-state index contributed by atoms with van der Waals surface area (Å²) in [5.74, 6) is 0.809. The smallest absolute Gasteiger partial charge is 0.126 e. The highest BCUT2D eigenvalue weighted by Crippen LogP contribution is 2.47. The highest BCUT2D eigenvalue weighted by atomic mass is 16.3. The third-order valence-electron chi connectivity index (χ3n) is 5.74. The van der Waals surface area contributed by atoms with Crippen LogP contribution in [-0.4, -0.2) is 10.2 Å². The number of rotatable bonds is 4. The van der Waals surface area contributed by atoms with Crippen LogP contribution in [-0.2, 0) is 6.42 Å². The van der Waals surface area contributed by atoms with Gasteiger partial charge in [0.05, 0.1) is 0 Å². The summed E-state index contributed by atoms with van der Waals surface area (Å²) in [6, 6.07) is 22.0. The molecule has 0 aliphatic heterocycles. The Hall–Kier alpha value is -2.74. The zero-order valence-corrected chi connectivity index (χ0v) is 15.6. The molecule has 2 heteroatoms. The second-order valence-electron chi connectivity index (χ2n) is 7.55. The van der Waals surface area contributed by atoms with Crippen LogP contribution in [0.3, 0.4) is 0 Å². The number of hydrogen-bond acceptors (Lipinski definition) is 2. The molecule has 0 saturated heterocycles. The van der Waals surface area contributed by atoms with Crippen LogP contribution in [0.1, 0.15) is 54.7 Å². The van der Waals surface area contributed by atoms with Crippen molar-refractivity contribution in [3.63, 3.8) is 0 Å². The molecule has 0 atom stereocenters. The number of phenolic OH excluding ortho intramolecular Hbond substituents is 2. The van der Waals surface area contributed by atoms with E-state index in [4.69, 9.17) is 0 Å². The van der Waals surface area contributed by atoms with Gasteiger partial charge in [0.25, 0.3) is 0 Å². The fourth-order valence-corrected chi connectivity index (χ4v) is 4.35. The standard InChI is InChI=1S/C25H26O2/c26-23-17-21(19-12-6-2-7-13-19)24(20-14-8-3-9-15-20)25(27)22(23)16-18-10-4-1-5-11-18/h1-2,4-7,10-13,17,20,26-27H,3,8-9,14-16H2. The van der Waals surface area contributed by atoms with Crippen molar-refractivity contribution in [3.05, 3.63) is 83.4 Å². The van der Waals surface area contributed by atoms with Crippen LogP contribution >= 0.6 is 0 Å². The van der Waals surface area contributed by atoms with Gasteiger partial charge in [0, 0.05) is 17.5 Å². The first-order valence-electron chi connectivity index (χ1n) is 9.91. The molecule has 1 aliphatic rings. The highest BCUT2D eigenvalue weighted by molar-refractivity contribution is 5.75. The minimum Gasteiger partial charge on any atom is -0.507 e. The minimum atomic E-state index is 0.176. The van der Waals surface area contributed by atoms with Gasteiger partial charge in [-0.25, -0.2) is 0 Å². The molecule has 0 spiro atoms. The van der Waals surface area contributed by atoms with E-state index in [0.29, 0.717) is 17.9 Å². The Bertz CT molecular complexity index is 895. The summed E-state index contributed by atoms with van der Waals surface area (Å²) in [6.07, 6.45) is 6.41. The van der Waals surface area contributed by atoms with Gasteiger partial charge in [-0.1, -0.05) is 79.9 Å². The minimum absolute atomic E-state index is 0.176.